The fourth-order valence-corrected chi connectivity index (χ4v) is 15.1. The maximum atomic E-state index is 13.1. The van der Waals surface area contributed by atoms with Crippen LogP contribution in [0.1, 0.15) is 119 Å². The number of halogens is 14. The van der Waals surface area contributed by atoms with Gasteiger partial charge in [0.1, 0.15) is 16.1 Å². The monoisotopic (exact) mass is 1660 g/mol. The van der Waals surface area contributed by atoms with Crippen LogP contribution in [0.5, 0.6) is 0 Å². The maximum absolute atomic E-state index is 13.1. The summed E-state index contributed by atoms with van der Waals surface area (Å²) in [6.45, 7) is 14.6. The highest BCUT2D eigenvalue weighted by atomic mass is 35.5. The summed E-state index contributed by atoms with van der Waals surface area (Å²) < 4.78 is 152. The molecule has 0 fully saturated rings. The molecule has 0 saturated heterocycles. The summed E-state index contributed by atoms with van der Waals surface area (Å²) in [5, 5.41) is 13.4. The molecule has 111 heavy (non-hydrogen) atoms. The molecule has 6 N–H and O–H groups in total. The normalized spacial score (nSPS) is 14.3. The largest absolute Gasteiger partial charge is 0.444 e. The molecule has 0 unspecified atom stereocenters. The molecule has 17 nitrogen and oxygen atoms in total. The van der Waals surface area contributed by atoms with Crippen molar-refractivity contribution < 1.29 is 81.4 Å². The summed E-state index contributed by atoms with van der Waals surface area (Å²) in [6, 6.07) is 33.7. The standard InChI is InChI=1S/C24H19Cl2F3N2O3S.C23H24ClF3N2O3.C18H16ClF3N2O.C14H19ClN2O2/c25-19-3-1-2-4-21(19)35(33,34)31-12-11-18-16(14-31)7-10-20(26)23(18)30-22(32)13-15-5-8-17(9-6-15)24(27,28)29;1-22(2,3)32-21(31)29-11-10-17-15(13-29)6-9-18(24)20(17)28-19(30)12-14-4-7-16(8-5-14)23(25,26)27;19-15-6-3-12-10-23-8-7-14(12)17(15)24-16(25)9-11-1-4-13(5-2-11)18(20,21)22;1-14(2,3)19-13(18)17-7-6-10-9(8-17)4-5-11(15)12(10)16/h1-10H,11-14H2,(H,30,32);4-9H,10-13H2,1-3H3,(H,28,30);1-6,23H,7-10H2,(H,24,25);4-5H,6-8,16H2,1-3H3. The maximum Gasteiger partial charge on any atom is 0.416 e. The van der Waals surface area contributed by atoms with Gasteiger partial charge in [-0.25, -0.2) is 18.0 Å². The summed E-state index contributed by atoms with van der Waals surface area (Å²) >= 11 is 31.0. The van der Waals surface area contributed by atoms with Crippen LogP contribution < -0.4 is 27.0 Å². The Morgan fingerprint density at radius 1 is 0.432 bits per heavy atom. The van der Waals surface area contributed by atoms with E-state index in [1.165, 1.54) is 52.8 Å². The third-order valence-corrected chi connectivity index (χ3v) is 21.4. The molecule has 0 aromatic heterocycles. The second-order valence-corrected chi connectivity index (χ2v) is 32.2. The number of nitrogens with two attached hydrogens (primary N) is 1. The van der Waals surface area contributed by atoms with Crippen LogP contribution in [-0.2, 0) is 124 Å². The molecule has 0 spiro atoms. The van der Waals surface area contributed by atoms with Crippen molar-refractivity contribution in [1.82, 2.24) is 19.4 Å². The molecule has 32 heteroatoms. The number of alkyl halides is 9. The van der Waals surface area contributed by atoms with Gasteiger partial charge >= 0.3 is 30.7 Å². The van der Waals surface area contributed by atoms with Gasteiger partial charge in [-0.3, -0.25) is 14.4 Å². The molecule has 0 saturated carbocycles. The zero-order valence-electron chi connectivity index (χ0n) is 60.8. The van der Waals surface area contributed by atoms with Crippen molar-refractivity contribution in [2.45, 2.75) is 147 Å². The number of nitrogens with one attached hydrogen (secondary N) is 4. The molecule has 4 heterocycles. The molecule has 4 aliphatic rings. The van der Waals surface area contributed by atoms with Crippen molar-refractivity contribution in [1.29, 1.82) is 0 Å². The number of benzene rings is 8. The van der Waals surface area contributed by atoms with Crippen LogP contribution in [0, 0.1) is 0 Å². The Kier molecular flexibility index (Phi) is 27.9. The average Bonchev–Trinajstić information content (AvgIpc) is 0.705. The molecule has 0 aliphatic carbocycles. The number of ether oxygens (including phenoxy) is 2. The van der Waals surface area contributed by atoms with E-state index in [0.717, 1.165) is 82.7 Å². The molecule has 0 radical (unpaired) electrons. The number of hydrogen-bond donors (Lipinski definition) is 5. The van der Waals surface area contributed by atoms with Gasteiger partial charge in [0.2, 0.25) is 27.7 Å². The van der Waals surface area contributed by atoms with E-state index in [0.29, 0.717) is 118 Å². The summed E-state index contributed by atoms with van der Waals surface area (Å²) in [5.74, 6) is -1.16. The predicted octanol–water partition coefficient (Wildman–Crippen LogP) is 19.2. The Labute approximate surface area is 661 Å². The second-order valence-electron chi connectivity index (χ2n) is 28.3. The summed E-state index contributed by atoms with van der Waals surface area (Å²) in [5.41, 5.74) is 13.3. The third kappa shape index (κ3) is 23.4. The van der Waals surface area contributed by atoms with Crippen LogP contribution in [0.15, 0.2) is 150 Å². The van der Waals surface area contributed by atoms with Crippen LogP contribution in [-0.4, -0.2) is 89.8 Å². The molecule has 4 aliphatic heterocycles. The molecule has 5 amide bonds. The Balaban J connectivity index is 0.000000174. The van der Waals surface area contributed by atoms with Crippen molar-refractivity contribution >= 4 is 121 Å². The van der Waals surface area contributed by atoms with E-state index in [1.54, 1.807) is 79.1 Å². The van der Waals surface area contributed by atoms with E-state index in [9.17, 15) is 71.9 Å². The fourth-order valence-electron chi connectivity index (χ4n) is 12.3. The lowest BCUT2D eigenvalue weighted by molar-refractivity contribution is -0.138. The Bertz CT molecular complexity index is 4870. The summed E-state index contributed by atoms with van der Waals surface area (Å²) in [6.07, 6.45) is -12.0. The lowest BCUT2D eigenvalue weighted by atomic mass is 9.97. The molecule has 8 aromatic carbocycles. The van der Waals surface area contributed by atoms with Gasteiger partial charge in [-0.05, 0) is 208 Å². The minimum atomic E-state index is -4.45. The first-order chi connectivity index (χ1) is 51.9. The van der Waals surface area contributed by atoms with Crippen LogP contribution in [0.2, 0.25) is 25.1 Å². The third-order valence-electron chi connectivity index (χ3n) is 17.8. The van der Waals surface area contributed by atoms with Gasteiger partial charge < -0.3 is 46.3 Å². The number of anilines is 4. The molecule has 0 atom stereocenters. The first kappa shape index (κ1) is 86.2. The number of carbonyl (C=O) groups is 5. The van der Waals surface area contributed by atoms with Crippen LogP contribution in [0.4, 0.5) is 71.9 Å². The summed E-state index contributed by atoms with van der Waals surface area (Å²) in [7, 11) is -3.84. The molecule has 8 aromatic rings. The number of carbonyl (C=O) groups excluding carboxylic acids is 5. The molecular formula is C79H78Cl5F9N8O9S. The van der Waals surface area contributed by atoms with Gasteiger partial charge in [0.25, 0.3) is 0 Å². The lowest BCUT2D eigenvalue weighted by Gasteiger charge is -2.32. The second kappa shape index (κ2) is 35.9. The molecule has 592 valence electrons. The topological polar surface area (TPSA) is 222 Å². The Morgan fingerprint density at radius 3 is 1.16 bits per heavy atom. The number of sulfonamides is 1. The number of nitrogens with zero attached hydrogens (tertiary/aromatic N) is 3. The molecule has 12 rings (SSSR count). The van der Waals surface area contributed by atoms with Gasteiger partial charge in [-0.15, -0.1) is 0 Å². The number of nitrogen functional groups attached to an aromatic ring is 1. The van der Waals surface area contributed by atoms with Crippen molar-refractivity contribution in [3.63, 3.8) is 0 Å². The highest BCUT2D eigenvalue weighted by molar-refractivity contribution is 7.89. The van der Waals surface area contributed by atoms with E-state index in [1.807, 2.05) is 32.9 Å². The zero-order valence-corrected chi connectivity index (χ0v) is 65.4. The summed E-state index contributed by atoms with van der Waals surface area (Å²) in [4.78, 5) is 65.2. The average molecular weight is 1660 g/mol. The first-order valence-electron chi connectivity index (χ1n) is 34.7. The van der Waals surface area contributed by atoms with Crippen LogP contribution in [0.25, 0.3) is 0 Å². The molecular weight excluding hydrogens is 1590 g/mol. The predicted molar refractivity (Wildman–Crippen MR) is 410 cm³/mol. The first-order valence-corrected chi connectivity index (χ1v) is 38.0. The minimum Gasteiger partial charge on any atom is -0.444 e. The van der Waals surface area contributed by atoms with Gasteiger partial charge in [0.05, 0.1) is 83.8 Å². The number of rotatable bonds is 11. The van der Waals surface area contributed by atoms with E-state index in [4.69, 9.17) is 73.2 Å². The SMILES string of the molecule is CC(C)(C)OC(=O)N1CCc2c(ccc(Cl)c2N)C1.CC(C)(C)OC(=O)N1CCc2c(ccc(Cl)c2NC(=O)Cc2ccc(C(F)(F)F)cc2)C1.O=C(Cc1ccc(C(F)(F)F)cc1)Nc1c(Cl)ccc2c1CCN(S(=O)(=O)c1ccccc1Cl)C2.O=C(Cc1ccc(C(F)(F)F)cc1)Nc1c(Cl)ccc2c1CCNC2. The van der Waals surface area contributed by atoms with Crippen molar-refractivity contribution in [2.75, 3.05) is 47.9 Å². The number of hydrogen-bond acceptors (Lipinski definition) is 11. The van der Waals surface area contributed by atoms with E-state index >= 15 is 0 Å². The van der Waals surface area contributed by atoms with Crippen molar-refractivity contribution in [2.24, 2.45) is 0 Å². The van der Waals surface area contributed by atoms with Crippen molar-refractivity contribution in [3.8, 4) is 0 Å². The van der Waals surface area contributed by atoms with Gasteiger partial charge in [-0.2, -0.15) is 43.8 Å². The molecule has 0 bridgehead atoms. The van der Waals surface area contributed by atoms with Crippen LogP contribution in [0.3, 0.4) is 0 Å². The van der Waals surface area contributed by atoms with Crippen molar-refractivity contribution in [3.05, 3.63) is 249 Å². The van der Waals surface area contributed by atoms with Gasteiger partial charge in [-0.1, -0.05) is 131 Å². The quantitative estimate of drug-likeness (QED) is 0.0605. The highest BCUT2D eigenvalue weighted by Gasteiger charge is 2.36. The number of amides is 5. The van der Waals surface area contributed by atoms with Crippen LogP contribution >= 0.6 is 58.0 Å². The van der Waals surface area contributed by atoms with E-state index in [2.05, 4.69) is 21.3 Å². The Morgan fingerprint density at radius 2 is 0.775 bits per heavy atom. The minimum absolute atomic E-state index is 0.0175. The van der Waals surface area contributed by atoms with Gasteiger partial charge in [0.15, 0.2) is 0 Å². The van der Waals surface area contributed by atoms with Gasteiger partial charge in [0, 0.05) is 45.8 Å². The lowest BCUT2D eigenvalue weighted by Crippen LogP contribution is -2.40. The van der Waals surface area contributed by atoms with E-state index in [-0.39, 0.29) is 59.3 Å². The van der Waals surface area contributed by atoms with E-state index < -0.39 is 74.4 Å². The zero-order chi connectivity index (χ0) is 81.3. The fraction of sp³-hybridized carbons (Fsp3) is 0.329. The smallest absolute Gasteiger partial charge is 0.416 e. The number of fused-ring (bicyclic) bond motifs is 4. The Hall–Kier alpha value is -8.80. The highest BCUT2D eigenvalue weighted by Crippen LogP contribution is 2.40.